The second-order valence-corrected chi connectivity index (χ2v) is 7.15. The number of alkyl halides is 6. The number of nitriles is 1. The van der Waals surface area contributed by atoms with Crippen molar-refractivity contribution in [3.8, 4) is 6.07 Å². The zero-order chi connectivity index (χ0) is 18.5. The van der Waals surface area contributed by atoms with Crippen molar-refractivity contribution < 1.29 is 42.1 Å². The minimum absolute atomic E-state index is 0.00449. The first-order valence-corrected chi connectivity index (χ1v) is 8.55. The van der Waals surface area contributed by atoms with Gasteiger partial charge in [0.1, 0.15) is 0 Å². The van der Waals surface area contributed by atoms with Gasteiger partial charge in [0.05, 0.1) is 0 Å². The van der Waals surface area contributed by atoms with Crippen LogP contribution in [0.25, 0.3) is 0 Å². The van der Waals surface area contributed by atoms with E-state index in [4.69, 9.17) is 5.26 Å². The van der Waals surface area contributed by atoms with Crippen LogP contribution in [0.4, 0.5) is 26.3 Å². The Balaban J connectivity index is 3.21. The van der Waals surface area contributed by atoms with Gasteiger partial charge in [-0.25, -0.2) is 0 Å². The Morgan fingerprint density at radius 2 is 1.46 bits per heavy atom. The molecule has 0 spiro atoms. The van der Waals surface area contributed by atoms with Gasteiger partial charge >= 0.3 is 138 Å². The number of hydrogen-bond donors (Lipinski definition) is 0. The second-order valence-electron chi connectivity index (χ2n) is 3.87. The quantitative estimate of drug-likeness (QED) is 0.499. The van der Waals surface area contributed by atoms with Gasteiger partial charge in [-0.3, -0.25) is 0 Å². The van der Waals surface area contributed by atoms with Crippen LogP contribution in [0.5, 0.6) is 0 Å². The standard InChI is InChI=1S/C12H6F6INO4/c13-11(14,15)9(21)23-19(24-10(22)12(16,17)18)8-4-2-1-3-7(8)5-6-20/h1-4H,5H2. The van der Waals surface area contributed by atoms with Crippen molar-refractivity contribution in [2.24, 2.45) is 0 Å². The molecule has 0 amide bonds. The number of carbonyl (C=O) groups is 2. The molecule has 1 aromatic rings. The van der Waals surface area contributed by atoms with Gasteiger partial charge in [-0.2, -0.15) is 0 Å². The molecule has 0 saturated heterocycles. The molecule has 132 valence electrons. The van der Waals surface area contributed by atoms with E-state index in [1.807, 2.05) is 0 Å². The number of halogens is 7. The van der Waals surface area contributed by atoms with Gasteiger partial charge in [0, 0.05) is 0 Å². The summed E-state index contributed by atoms with van der Waals surface area (Å²) in [7, 11) is 0. The van der Waals surface area contributed by atoms with E-state index >= 15 is 0 Å². The summed E-state index contributed by atoms with van der Waals surface area (Å²) in [5.74, 6) is -5.57. The molecule has 0 aliphatic rings. The number of carbonyl (C=O) groups excluding carboxylic acids is 2. The van der Waals surface area contributed by atoms with Crippen molar-refractivity contribution in [3.05, 3.63) is 33.4 Å². The van der Waals surface area contributed by atoms with Crippen LogP contribution in [0.15, 0.2) is 24.3 Å². The Labute approximate surface area is 138 Å². The molecule has 0 N–H and O–H groups in total. The van der Waals surface area contributed by atoms with E-state index in [0.717, 1.165) is 6.07 Å². The van der Waals surface area contributed by atoms with Crippen LogP contribution in [0, 0.1) is 14.9 Å². The summed E-state index contributed by atoms with van der Waals surface area (Å²) < 4.78 is 81.3. The predicted octanol–water partition coefficient (Wildman–Crippen LogP) is 3.47. The van der Waals surface area contributed by atoms with Crippen molar-refractivity contribution in [1.29, 1.82) is 5.26 Å². The van der Waals surface area contributed by atoms with Gasteiger partial charge in [-0.05, 0) is 0 Å². The SMILES string of the molecule is N#CCc1ccccc1I(OC(=O)C(F)(F)F)OC(=O)C(F)(F)F. The van der Waals surface area contributed by atoms with Gasteiger partial charge in [-0.1, -0.05) is 0 Å². The number of rotatable bonds is 4. The maximum atomic E-state index is 12.3. The predicted molar refractivity (Wildman–Crippen MR) is 72.8 cm³/mol. The van der Waals surface area contributed by atoms with E-state index < -0.39 is 51.4 Å². The maximum absolute atomic E-state index is 12.3. The van der Waals surface area contributed by atoms with Crippen LogP contribution in [-0.2, 0) is 22.1 Å². The molecule has 0 heterocycles. The van der Waals surface area contributed by atoms with E-state index in [-0.39, 0.29) is 9.13 Å². The minimum atomic E-state index is -5.48. The summed E-state index contributed by atoms with van der Waals surface area (Å²) in [6.07, 6.45) is -11.4. The van der Waals surface area contributed by atoms with Crippen molar-refractivity contribution in [3.63, 3.8) is 0 Å². The fraction of sp³-hybridized carbons (Fsp3) is 0.250. The molecule has 0 aliphatic carbocycles. The van der Waals surface area contributed by atoms with Gasteiger partial charge in [0.15, 0.2) is 0 Å². The molecule has 1 rings (SSSR count). The van der Waals surface area contributed by atoms with Crippen LogP contribution in [0.2, 0.25) is 0 Å². The first kappa shape index (κ1) is 20.0. The molecule has 24 heavy (non-hydrogen) atoms. The van der Waals surface area contributed by atoms with Crippen LogP contribution in [0.1, 0.15) is 5.56 Å². The van der Waals surface area contributed by atoms with Crippen LogP contribution >= 0.6 is 20.6 Å². The normalized spacial score (nSPS) is 12.1. The van der Waals surface area contributed by atoms with Crippen molar-refractivity contribution in [2.75, 3.05) is 0 Å². The summed E-state index contributed by atoms with van der Waals surface area (Å²) in [4.78, 5) is 21.8. The van der Waals surface area contributed by atoms with Crippen molar-refractivity contribution >= 4 is 32.6 Å². The summed E-state index contributed by atoms with van der Waals surface area (Å²) in [6.45, 7) is 0. The average Bonchev–Trinajstić information content (AvgIpc) is 2.45. The molecule has 0 fully saturated rings. The Bertz CT molecular complexity index is 639. The van der Waals surface area contributed by atoms with Crippen molar-refractivity contribution in [1.82, 2.24) is 0 Å². The molecule has 0 saturated carbocycles. The fourth-order valence-electron chi connectivity index (χ4n) is 1.19. The Morgan fingerprint density at radius 3 is 1.88 bits per heavy atom. The van der Waals surface area contributed by atoms with E-state index in [1.165, 1.54) is 18.2 Å². The number of nitrogens with zero attached hydrogens (tertiary/aromatic N) is 1. The number of hydrogen-bond acceptors (Lipinski definition) is 5. The summed E-state index contributed by atoms with van der Waals surface area (Å²) >= 11 is -4.48. The van der Waals surface area contributed by atoms with E-state index in [1.54, 1.807) is 6.07 Å². The first-order chi connectivity index (χ1) is 11.0. The third kappa shape index (κ3) is 5.55. The van der Waals surface area contributed by atoms with E-state index in [0.29, 0.717) is 0 Å². The molecule has 5 nitrogen and oxygen atoms in total. The molecular weight excluding hydrogens is 463 g/mol. The molecule has 12 heteroatoms. The molecule has 0 aliphatic heterocycles. The monoisotopic (exact) mass is 469 g/mol. The van der Waals surface area contributed by atoms with E-state index in [9.17, 15) is 35.9 Å². The number of benzene rings is 1. The summed E-state index contributed by atoms with van der Waals surface area (Å²) in [5, 5.41) is 8.64. The summed E-state index contributed by atoms with van der Waals surface area (Å²) in [5.41, 5.74) is -0.00449. The molecular formula is C12H6F6INO4. The first-order valence-electron chi connectivity index (χ1n) is 5.71. The molecule has 0 bridgehead atoms. The topological polar surface area (TPSA) is 76.4 Å². The van der Waals surface area contributed by atoms with Gasteiger partial charge < -0.3 is 0 Å². The van der Waals surface area contributed by atoms with Crippen LogP contribution < -0.4 is 0 Å². The van der Waals surface area contributed by atoms with E-state index in [2.05, 4.69) is 6.13 Å². The van der Waals surface area contributed by atoms with Gasteiger partial charge in [0.25, 0.3) is 0 Å². The molecule has 0 radical (unpaired) electrons. The van der Waals surface area contributed by atoms with Gasteiger partial charge in [0.2, 0.25) is 0 Å². The third-order valence-corrected chi connectivity index (χ3v) is 5.74. The fourth-order valence-corrected chi connectivity index (χ4v) is 4.42. The Kier molecular flexibility index (Phi) is 6.41. The Morgan fingerprint density at radius 1 is 1.00 bits per heavy atom. The summed E-state index contributed by atoms with van der Waals surface area (Å²) in [6, 6.07) is 6.50. The molecule has 1 aromatic carbocycles. The molecule has 0 aromatic heterocycles. The van der Waals surface area contributed by atoms with Crippen molar-refractivity contribution in [2.45, 2.75) is 18.8 Å². The molecule has 0 unspecified atom stereocenters. The zero-order valence-corrected chi connectivity index (χ0v) is 13.4. The van der Waals surface area contributed by atoms with Gasteiger partial charge in [-0.15, -0.1) is 0 Å². The Hall–Kier alpha value is -2.04. The molecule has 0 atom stereocenters. The second kappa shape index (κ2) is 7.69. The average molecular weight is 469 g/mol. The van der Waals surface area contributed by atoms with Crippen LogP contribution in [-0.4, -0.2) is 24.3 Å². The van der Waals surface area contributed by atoms with Crippen LogP contribution in [0.3, 0.4) is 0 Å². The third-order valence-electron chi connectivity index (χ3n) is 2.14. The zero-order valence-electron chi connectivity index (χ0n) is 11.2.